The van der Waals surface area contributed by atoms with Crippen LogP contribution in [0.5, 0.6) is 5.75 Å². The van der Waals surface area contributed by atoms with E-state index in [1.54, 1.807) is 58.7 Å². The maximum atomic E-state index is 13.0. The fourth-order valence-electron chi connectivity index (χ4n) is 3.83. The van der Waals surface area contributed by atoms with E-state index in [9.17, 15) is 18.0 Å². The molecule has 2 fully saturated rings. The first kappa shape index (κ1) is 20.8. The van der Waals surface area contributed by atoms with Crippen molar-refractivity contribution in [2.24, 2.45) is 5.92 Å². The molecule has 0 radical (unpaired) electrons. The summed E-state index contributed by atoms with van der Waals surface area (Å²) in [5, 5.41) is 1.73. The van der Waals surface area contributed by atoms with Gasteiger partial charge in [0.15, 0.2) is 0 Å². The Morgan fingerprint density at radius 1 is 1.10 bits per heavy atom. The molecule has 10 heteroatoms. The molecule has 2 aliphatic heterocycles. The van der Waals surface area contributed by atoms with Crippen LogP contribution in [0, 0.1) is 5.92 Å². The molecule has 2 aliphatic rings. The van der Waals surface area contributed by atoms with Gasteiger partial charge in [0.05, 0.1) is 13.0 Å². The Morgan fingerprint density at radius 3 is 2.40 bits per heavy atom. The van der Waals surface area contributed by atoms with Gasteiger partial charge in [0.1, 0.15) is 9.96 Å². The normalized spacial score (nSPS) is 20.6. The summed E-state index contributed by atoms with van der Waals surface area (Å²) in [6.07, 6.45) is 0.165. The summed E-state index contributed by atoms with van der Waals surface area (Å²) in [5.41, 5.74) is 0.739. The quantitative estimate of drug-likeness (QED) is 0.693. The van der Waals surface area contributed by atoms with Gasteiger partial charge in [0, 0.05) is 44.8 Å². The largest absolute Gasteiger partial charge is 0.497 e. The molecule has 3 heterocycles. The smallest absolute Gasteiger partial charge is 0.252 e. The summed E-state index contributed by atoms with van der Waals surface area (Å²) in [6.45, 7) is 1.51. The highest BCUT2D eigenvalue weighted by Crippen LogP contribution is 2.28. The van der Waals surface area contributed by atoms with Crippen molar-refractivity contribution in [3.63, 3.8) is 0 Å². The lowest BCUT2D eigenvalue weighted by molar-refractivity contribution is -0.136. The lowest BCUT2D eigenvalue weighted by Gasteiger charge is -2.34. The summed E-state index contributed by atoms with van der Waals surface area (Å²) in [4.78, 5) is 28.7. The molecule has 2 saturated heterocycles. The number of nitrogens with zero attached hydrogens (tertiary/aromatic N) is 3. The Balaban J connectivity index is 1.37. The minimum Gasteiger partial charge on any atom is -0.497 e. The Morgan fingerprint density at radius 2 is 1.80 bits per heavy atom. The van der Waals surface area contributed by atoms with Gasteiger partial charge < -0.3 is 14.5 Å². The Hall–Kier alpha value is -2.43. The molecule has 2 amide bonds. The van der Waals surface area contributed by atoms with Crippen molar-refractivity contribution < 1.29 is 22.7 Å². The molecule has 30 heavy (non-hydrogen) atoms. The van der Waals surface area contributed by atoms with Crippen molar-refractivity contribution in [2.75, 3.05) is 44.7 Å². The Kier molecular flexibility index (Phi) is 5.81. The fraction of sp³-hybridized carbons (Fsp3) is 0.400. The van der Waals surface area contributed by atoms with Crippen LogP contribution >= 0.6 is 11.3 Å². The number of carbonyl (C=O) groups excluding carboxylic acids is 2. The second-order valence-corrected chi connectivity index (χ2v) is 10.4. The molecule has 8 nitrogen and oxygen atoms in total. The summed E-state index contributed by atoms with van der Waals surface area (Å²) in [7, 11) is -1.93. The van der Waals surface area contributed by atoms with Crippen molar-refractivity contribution in [3.8, 4) is 5.75 Å². The number of piperazine rings is 1. The van der Waals surface area contributed by atoms with Crippen LogP contribution in [0.1, 0.15) is 6.42 Å². The lowest BCUT2D eigenvalue weighted by atomic mass is 10.1. The zero-order valence-corrected chi connectivity index (χ0v) is 18.2. The number of anilines is 1. The first-order valence-corrected chi connectivity index (χ1v) is 12.0. The van der Waals surface area contributed by atoms with Crippen LogP contribution < -0.4 is 9.64 Å². The number of sulfonamides is 1. The zero-order chi connectivity index (χ0) is 21.3. The number of ether oxygens (including phenoxy) is 1. The molecule has 1 atom stereocenters. The van der Waals surface area contributed by atoms with Gasteiger partial charge in [-0.05, 0) is 35.7 Å². The van der Waals surface area contributed by atoms with Gasteiger partial charge in [-0.15, -0.1) is 11.3 Å². The predicted octanol–water partition coefficient (Wildman–Crippen LogP) is 1.64. The van der Waals surface area contributed by atoms with E-state index < -0.39 is 15.9 Å². The summed E-state index contributed by atoms with van der Waals surface area (Å²) < 4.78 is 32.2. The molecule has 0 saturated carbocycles. The number of methoxy groups -OCH3 is 1. The van der Waals surface area contributed by atoms with Crippen molar-refractivity contribution in [1.82, 2.24) is 9.21 Å². The zero-order valence-electron chi connectivity index (χ0n) is 16.6. The molecule has 1 aromatic heterocycles. The topological polar surface area (TPSA) is 87.2 Å². The molecule has 0 aliphatic carbocycles. The third-order valence-electron chi connectivity index (χ3n) is 5.50. The van der Waals surface area contributed by atoms with Crippen LogP contribution in [0.4, 0.5) is 5.69 Å². The van der Waals surface area contributed by atoms with Gasteiger partial charge >= 0.3 is 0 Å². The number of carbonyl (C=O) groups is 2. The van der Waals surface area contributed by atoms with Crippen LogP contribution in [0.2, 0.25) is 0 Å². The molecule has 1 aromatic carbocycles. The predicted molar refractivity (Wildman–Crippen MR) is 113 cm³/mol. The van der Waals surface area contributed by atoms with Crippen molar-refractivity contribution in [2.45, 2.75) is 10.6 Å². The average molecular weight is 450 g/mol. The van der Waals surface area contributed by atoms with E-state index in [0.29, 0.717) is 29.6 Å². The molecule has 2 aromatic rings. The van der Waals surface area contributed by atoms with E-state index in [1.807, 2.05) is 0 Å². The summed E-state index contributed by atoms with van der Waals surface area (Å²) >= 11 is 1.19. The molecule has 0 bridgehead atoms. The number of benzene rings is 1. The van der Waals surface area contributed by atoms with Crippen LogP contribution in [-0.2, 0) is 19.6 Å². The number of amides is 2. The highest BCUT2D eigenvalue weighted by atomic mass is 32.2. The maximum Gasteiger partial charge on any atom is 0.252 e. The monoisotopic (exact) mass is 449 g/mol. The molecule has 160 valence electrons. The standard InChI is InChI=1S/C20H23N3O5S2/c1-28-17-6-4-16(5-7-17)23-14-15(13-18(23)24)20(25)21-8-10-22(11-9-21)30(26,27)19-3-2-12-29-19/h2-7,12,15H,8-11,13-14H2,1H3/t15-/m0/s1. The van der Waals surface area contributed by atoms with Gasteiger partial charge in [-0.25, -0.2) is 8.42 Å². The number of hydrogen-bond donors (Lipinski definition) is 0. The Labute approximate surface area is 179 Å². The molecule has 0 unspecified atom stereocenters. The highest BCUT2D eigenvalue weighted by Gasteiger charge is 2.39. The maximum absolute atomic E-state index is 13.0. The molecular weight excluding hydrogens is 426 g/mol. The minimum atomic E-state index is -3.50. The number of rotatable bonds is 5. The van der Waals surface area contributed by atoms with Crippen LogP contribution in [0.15, 0.2) is 46.0 Å². The van der Waals surface area contributed by atoms with Crippen molar-refractivity contribution >= 4 is 38.9 Å². The molecule has 0 spiro atoms. The van der Waals surface area contributed by atoms with E-state index in [-0.39, 0.29) is 31.3 Å². The fourth-order valence-corrected chi connectivity index (χ4v) is 6.40. The van der Waals surface area contributed by atoms with Crippen molar-refractivity contribution in [1.29, 1.82) is 0 Å². The molecule has 4 rings (SSSR count). The molecular formula is C20H23N3O5S2. The SMILES string of the molecule is COc1ccc(N2C[C@@H](C(=O)N3CCN(S(=O)(=O)c4cccs4)CC3)CC2=O)cc1. The second kappa shape index (κ2) is 8.37. The molecule has 0 N–H and O–H groups in total. The summed E-state index contributed by atoms with van der Waals surface area (Å²) in [5.74, 6) is 0.110. The third kappa shape index (κ3) is 3.94. The van der Waals surface area contributed by atoms with E-state index in [2.05, 4.69) is 0 Å². The first-order valence-electron chi connectivity index (χ1n) is 9.67. The average Bonchev–Trinajstić information content (AvgIpc) is 3.44. The van der Waals surface area contributed by atoms with Gasteiger partial charge in [-0.1, -0.05) is 6.07 Å². The Bertz CT molecular complexity index is 1010. The van der Waals surface area contributed by atoms with Crippen LogP contribution in [0.25, 0.3) is 0 Å². The van der Waals surface area contributed by atoms with Gasteiger partial charge in [-0.3, -0.25) is 9.59 Å². The van der Waals surface area contributed by atoms with Crippen LogP contribution in [0.3, 0.4) is 0 Å². The highest BCUT2D eigenvalue weighted by molar-refractivity contribution is 7.91. The number of hydrogen-bond acceptors (Lipinski definition) is 6. The summed E-state index contributed by atoms with van der Waals surface area (Å²) in [6, 6.07) is 10.5. The van der Waals surface area contributed by atoms with Crippen molar-refractivity contribution in [3.05, 3.63) is 41.8 Å². The van der Waals surface area contributed by atoms with E-state index in [4.69, 9.17) is 4.74 Å². The van der Waals surface area contributed by atoms with Gasteiger partial charge in [0.2, 0.25) is 11.8 Å². The second-order valence-electron chi connectivity index (χ2n) is 7.26. The van der Waals surface area contributed by atoms with Gasteiger partial charge in [-0.2, -0.15) is 4.31 Å². The van der Waals surface area contributed by atoms with Crippen LogP contribution in [-0.4, -0.2) is 69.3 Å². The first-order chi connectivity index (χ1) is 14.4. The van der Waals surface area contributed by atoms with Gasteiger partial charge in [0.25, 0.3) is 10.0 Å². The van der Waals surface area contributed by atoms with E-state index in [1.165, 1.54) is 15.6 Å². The third-order valence-corrected chi connectivity index (χ3v) is 8.77. The lowest BCUT2D eigenvalue weighted by Crippen LogP contribution is -2.52. The van der Waals surface area contributed by atoms with E-state index >= 15 is 0 Å². The minimum absolute atomic E-state index is 0.0857. The van der Waals surface area contributed by atoms with E-state index in [0.717, 1.165) is 5.69 Å². The number of thiophene rings is 1.